The SMILES string of the molecule is CC(=O)OC1C(OC2CC3C4CC=C5CC(O)CCC5(C)C4C(O)CC3(C)C2C(C)C(O)CC=C(C)C)OC(C)C(O)C1OC(C)=O. The maximum absolute atomic E-state index is 12.3. The number of fused-ring (bicyclic) bond motifs is 5. The number of aliphatic hydroxyl groups is 4. The van der Waals surface area contributed by atoms with Crippen LogP contribution < -0.4 is 0 Å². The second-order valence-corrected chi connectivity index (χ2v) is 16.1. The zero-order chi connectivity index (χ0) is 34.6. The highest BCUT2D eigenvalue weighted by Gasteiger charge is 2.66. The molecule has 0 spiro atoms. The van der Waals surface area contributed by atoms with Crippen molar-refractivity contribution in [3.8, 4) is 0 Å². The molecule has 5 rings (SSSR count). The van der Waals surface area contributed by atoms with Crippen LogP contribution in [0.1, 0.15) is 100 Å². The first-order valence-corrected chi connectivity index (χ1v) is 17.7. The van der Waals surface area contributed by atoms with Gasteiger partial charge in [-0.3, -0.25) is 9.59 Å². The molecule has 10 nitrogen and oxygen atoms in total. The lowest BCUT2D eigenvalue weighted by Gasteiger charge is -2.60. The maximum Gasteiger partial charge on any atom is 0.303 e. The van der Waals surface area contributed by atoms with Crippen LogP contribution in [0.15, 0.2) is 23.3 Å². The number of allylic oxidation sites excluding steroid dienone is 2. The molecule has 0 aromatic carbocycles. The van der Waals surface area contributed by atoms with Crippen molar-refractivity contribution in [3.63, 3.8) is 0 Å². The van der Waals surface area contributed by atoms with Crippen molar-refractivity contribution in [1.29, 1.82) is 0 Å². The molecule has 0 radical (unpaired) electrons. The Hall–Kier alpha value is -1.82. The third-order valence-corrected chi connectivity index (χ3v) is 12.7. The normalized spacial score (nSPS) is 45.7. The Bertz CT molecular complexity index is 1230. The van der Waals surface area contributed by atoms with Gasteiger partial charge in [0, 0.05) is 13.8 Å². The minimum absolute atomic E-state index is 0.0432. The Kier molecular flexibility index (Phi) is 10.7. The summed E-state index contributed by atoms with van der Waals surface area (Å²) in [6, 6.07) is 0. The molecule has 16 atom stereocenters. The first-order chi connectivity index (χ1) is 22.0. The standard InChI is InChI=1S/C37H58O10/c1-18(2)9-12-27(41)19(3)30-29(47-35-34(46-22(6)39)33(45-21(5)38)32(43)20(4)44-35)16-26-25-11-10-23-15-24(40)13-14-36(23,7)31(25)28(42)17-37(26,30)8/h9-10,19-20,24-35,40-43H,11-17H2,1-8H3. The Balaban J connectivity index is 1.52. The Morgan fingerprint density at radius 3 is 2.38 bits per heavy atom. The minimum Gasteiger partial charge on any atom is -0.455 e. The van der Waals surface area contributed by atoms with Crippen molar-refractivity contribution >= 4 is 11.9 Å². The highest BCUT2D eigenvalue weighted by atomic mass is 16.7. The summed E-state index contributed by atoms with van der Waals surface area (Å²) >= 11 is 0. The van der Waals surface area contributed by atoms with Gasteiger partial charge >= 0.3 is 11.9 Å². The molecule has 5 aliphatic rings. The van der Waals surface area contributed by atoms with E-state index in [9.17, 15) is 30.0 Å². The van der Waals surface area contributed by atoms with Gasteiger partial charge in [0.1, 0.15) is 6.10 Å². The topological polar surface area (TPSA) is 152 Å². The zero-order valence-electron chi connectivity index (χ0n) is 29.4. The number of rotatable bonds is 8. The minimum atomic E-state index is -1.23. The lowest BCUT2D eigenvalue weighted by molar-refractivity contribution is -0.313. The van der Waals surface area contributed by atoms with E-state index in [1.165, 1.54) is 19.4 Å². The smallest absolute Gasteiger partial charge is 0.303 e. The van der Waals surface area contributed by atoms with Crippen LogP contribution in [-0.2, 0) is 28.5 Å². The van der Waals surface area contributed by atoms with E-state index in [-0.39, 0.29) is 41.1 Å². The van der Waals surface area contributed by atoms with E-state index in [1.54, 1.807) is 6.92 Å². The second kappa shape index (κ2) is 13.8. The van der Waals surface area contributed by atoms with Crippen molar-refractivity contribution < 1.29 is 49.0 Å². The van der Waals surface area contributed by atoms with Gasteiger partial charge in [-0.2, -0.15) is 0 Å². The molecule has 1 saturated heterocycles. The number of hydrogen-bond donors (Lipinski definition) is 4. The molecular formula is C37H58O10. The molecule has 266 valence electrons. The van der Waals surface area contributed by atoms with E-state index < -0.39 is 66.4 Å². The number of hydrogen-bond acceptors (Lipinski definition) is 10. The molecule has 0 bridgehead atoms. The number of carbonyl (C=O) groups excluding carboxylic acids is 2. The van der Waals surface area contributed by atoms with Gasteiger partial charge in [-0.1, -0.05) is 44.1 Å². The summed E-state index contributed by atoms with van der Waals surface area (Å²) in [5, 5.41) is 45.1. The van der Waals surface area contributed by atoms with E-state index >= 15 is 0 Å². The molecule has 10 heteroatoms. The lowest BCUT2D eigenvalue weighted by Crippen LogP contribution is -2.61. The Morgan fingerprint density at radius 2 is 1.74 bits per heavy atom. The van der Waals surface area contributed by atoms with Gasteiger partial charge in [-0.25, -0.2) is 0 Å². The van der Waals surface area contributed by atoms with Gasteiger partial charge in [-0.05, 0) is 106 Å². The molecule has 47 heavy (non-hydrogen) atoms. The Labute approximate surface area is 279 Å². The van der Waals surface area contributed by atoms with Crippen molar-refractivity contribution in [2.75, 3.05) is 0 Å². The van der Waals surface area contributed by atoms with Crippen LogP contribution >= 0.6 is 0 Å². The third-order valence-electron chi connectivity index (χ3n) is 12.7. The highest BCUT2D eigenvalue weighted by Crippen LogP contribution is 2.68. The van der Waals surface area contributed by atoms with Gasteiger partial charge in [-0.15, -0.1) is 0 Å². The maximum atomic E-state index is 12.3. The average molecular weight is 663 g/mol. The van der Waals surface area contributed by atoms with Crippen LogP contribution in [0.25, 0.3) is 0 Å². The second-order valence-electron chi connectivity index (χ2n) is 16.1. The van der Waals surface area contributed by atoms with Crippen LogP contribution in [-0.4, -0.2) is 87.5 Å². The molecular weight excluding hydrogens is 604 g/mol. The Morgan fingerprint density at radius 1 is 1.09 bits per heavy atom. The van der Waals surface area contributed by atoms with Crippen LogP contribution in [0.3, 0.4) is 0 Å². The van der Waals surface area contributed by atoms with Gasteiger partial charge in [0.25, 0.3) is 0 Å². The summed E-state index contributed by atoms with van der Waals surface area (Å²) in [6.45, 7) is 14.7. The molecule has 4 N–H and O–H groups in total. The van der Waals surface area contributed by atoms with E-state index in [0.29, 0.717) is 25.7 Å². The predicted molar refractivity (Wildman–Crippen MR) is 174 cm³/mol. The first-order valence-electron chi connectivity index (χ1n) is 17.7. The molecule has 1 heterocycles. The van der Waals surface area contributed by atoms with Crippen molar-refractivity contribution in [1.82, 2.24) is 0 Å². The van der Waals surface area contributed by atoms with Crippen LogP contribution in [0, 0.1) is 40.4 Å². The molecule has 4 fully saturated rings. The number of ether oxygens (including phenoxy) is 4. The van der Waals surface area contributed by atoms with Gasteiger partial charge in [0.05, 0.1) is 30.5 Å². The van der Waals surface area contributed by atoms with E-state index in [4.69, 9.17) is 18.9 Å². The first kappa shape index (κ1) is 36.5. The van der Waals surface area contributed by atoms with E-state index in [2.05, 4.69) is 26.8 Å². The summed E-state index contributed by atoms with van der Waals surface area (Å²) in [7, 11) is 0. The molecule has 1 aliphatic heterocycles. The quantitative estimate of drug-likeness (QED) is 0.220. The summed E-state index contributed by atoms with van der Waals surface area (Å²) < 4.78 is 24.2. The average Bonchev–Trinajstić information content (AvgIpc) is 3.26. The lowest BCUT2D eigenvalue weighted by atomic mass is 9.46. The van der Waals surface area contributed by atoms with E-state index in [1.807, 2.05) is 19.9 Å². The molecule has 0 aromatic heterocycles. The number of aliphatic hydroxyl groups excluding tert-OH is 4. The van der Waals surface area contributed by atoms with Crippen molar-refractivity contribution in [3.05, 3.63) is 23.3 Å². The van der Waals surface area contributed by atoms with Crippen LogP contribution in [0.4, 0.5) is 0 Å². The fourth-order valence-electron chi connectivity index (χ4n) is 10.6. The van der Waals surface area contributed by atoms with Gasteiger partial charge < -0.3 is 39.4 Å². The molecule has 0 amide bonds. The van der Waals surface area contributed by atoms with E-state index in [0.717, 1.165) is 24.8 Å². The third kappa shape index (κ3) is 6.84. The fraction of sp³-hybridized carbons (Fsp3) is 0.838. The summed E-state index contributed by atoms with van der Waals surface area (Å²) in [5.74, 6) is -1.27. The molecule has 0 aromatic rings. The van der Waals surface area contributed by atoms with Crippen LogP contribution in [0.5, 0.6) is 0 Å². The summed E-state index contributed by atoms with van der Waals surface area (Å²) in [5.41, 5.74) is 1.80. The fourth-order valence-corrected chi connectivity index (χ4v) is 10.6. The summed E-state index contributed by atoms with van der Waals surface area (Å²) in [6.07, 6.45) is 1.54. The monoisotopic (exact) mass is 662 g/mol. The van der Waals surface area contributed by atoms with Crippen molar-refractivity contribution in [2.45, 2.75) is 155 Å². The van der Waals surface area contributed by atoms with Crippen molar-refractivity contribution in [2.24, 2.45) is 40.4 Å². The van der Waals surface area contributed by atoms with Gasteiger partial charge in [0.15, 0.2) is 18.5 Å². The number of esters is 2. The molecule has 16 unspecified atom stereocenters. The highest BCUT2D eigenvalue weighted by molar-refractivity contribution is 5.67. The summed E-state index contributed by atoms with van der Waals surface area (Å²) in [4.78, 5) is 24.3. The molecule has 3 saturated carbocycles. The van der Waals surface area contributed by atoms with Gasteiger partial charge in [0.2, 0.25) is 0 Å². The number of carbonyl (C=O) groups is 2. The zero-order valence-corrected chi connectivity index (χ0v) is 29.4. The molecule has 4 aliphatic carbocycles. The largest absolute Gasteiger partial charge is 0.455 e. The van der Waals surface area contributed by atoms with Crippen LogP contribution in [0.2, 0.25) is 0 Å². The predicted octanol–water partition coefficient (Wildman–Crippen LogP) is 4.21.